The predicted octanol–water partition coefficient (Wildman–Crippen LogP) is 0.537. The number of rotatable bonds is 4. The summed E-state index contributed by atoms with van der Waals surface area (Å²) in [4.78, 5) is 26.1. The van der Waals surface area contributed by atoms with E-state index in [9.17, 15) is 19.1 Å². The summed E-state index contributed by atoms with van der Waals surface area (Å²) in [5, 5.41) is 27.2. The number of hydrogen-bond acceptors (Lipinski definition) is 5. The van der Waals surface area contributed by atoms with Crippen molar-refractivity contribution in [2.45, 2.75) is 6.04 Å². The maximum atomic E-state index is 13.3. The van der Waals surface area contributed by atoms with E-state index in [-0.39, 0.29) is 43.2 Å². The van der Waals surface area contributed by atoms with E-state index in [4.69, 9.17) is 10.4 Å². The summed E-state index contributed by atoms with van der Waals surface area (Å²) < 4.78 is 13.3. The minimum absolute atomic E-state index is 0.0326. The van der Waals surface area contributed by atoms with Crippen LogP contribution in [0.5, 0.6) is 0 Å². The highest BCUT2D eigenvalue weighted by Crippen LogP contribution is 2.14. The van der Waals surface area contributed by atoms with Gasteiger partial charge >= 0.3 is 6.09 Å². The smallest absolute Gasteiger partial charge is 0.407 e. The van der Waals surface area contributed by atoms with Crippen LogP contribution in [0.2, 0.25) is 0 Å². The zero-order valence-electron chi connectivity index (χ0n) is 12.3. The Bertz CT molecular complexity index is 659. The lowest BCUT2D eigenvalue weighted by molar-refractivity contribution is 0.0401. The van der Waals surface area contributed by atoms with Crippen LogP contribution < -0.4 is 0 Å². The van der Waals surface area contributed by atoms with Crippen LogP contribution in [0, 0.1) is 17.1 Å². The molecule has 7 nitrogen and oxygen atoms in total. The Kier molecular flexibility index (Phi) is 5.26. The van der Waals surface area contributed by atoms with Crippen LogP contribution in [0.4, 0.5) is 9.18 Å². The summed E-state index contributed by atoms with van der Waals surface area (Å²) in [6.45, 7) is 0.368. The first-order valence-corrected chi connectivity index (χ1v) is 7.02. The average molecular weight is 321 g/mol. The van der Waals surface area contributed by atoms with Crippen LogP contribution in [0.3, 0.4) is 0 Å². The van der Waals surface area contributed by atoms with Crippen molar-refractivity contribution in [2.24, 2.45) is 0 Å². The molecule has 1 heterocycles. The number of piperazine rings is 1. The summed E-state index contributed by atoms with van der Waals surface area (Å²) in [6.07, 6.45) is -1.06. The molecule has 0 unspecified atom stereocenters. The first-order valence-electron chi connectivity index (χ1n) is 7.02. The number of Topliss-reactive ketones (excluding diaryl/α,β-unsaturated/α-hetero) is 1. The van der Waals surface area contributed by atoms with E-state index in [1.54, 1.807) is 11.0 Å². The Morgan fingerprint density at radius 2 is 2.13 bits per heavy atom. The second kappa shape index (κ2) is 7.17. The molecule has 23 heavy (non-hydrogen) atoms. The van der Waals surface area contributed by atoms with Crippen LogP contribution >= 0.6 is 0 Å². The molecule has 0 aliphatic carbocycles. The topological polar surface area (TPSA) is 105 Å². The molecule has 1 aromatic carbocycles. The van der Waals surface area contributed by atoms with Gasteiger partial charge in [0.1, 0.15) is 11.9 Å². The van der Waals surface area contributed by atoms with Gasteiger partial charge in [-0.25, -0.2) is 9.18 Å². The molecule has 8 heteroatoms. The molecule has 1 saturated heterocycles. The van der Waals surface area contributed by atoms with Crippen LogP contribution in [0.25, 0.3) is 0 Å². The van der Waals surface area contributed by atoms with Crippen LogP contribution in [0.15, 0.2) is 18.2 Å². The van der Waals surface area contributed by atoms with Crippen LogP contribution in [-0.4, -0.2) is 70.7 Å². The van der Waals surface area contributed by atoms with Gasteiger partial charge < -0.3 is 15.1 Å². The van der Waals surface area contributed by atoms with Gasteiger partial charge in [0.05, 0.1) is 24.8 Å². The van der Waals surface area contributed by atoms with Gasteiger partial charge in [0, 0.05) is 25.2 Å². The summed E-state index contributed by atoms with van der Waals surface area (Å²) in [5.74, 6) is -1.00. The molecule has 0 spiro atoms. The molecule has 0 bridgehead atoms. The van der Waals surface area contributed by atoms with Crippen molar-refractivity contribution in [1.82, 2.24) is 9.80 Å². The maximum Gasteiger partial charge on any atom is 0.407 e. The zero-order chi connectivity index (χ0) is 17.0. The molecule has 1 aromatic rings. The van der Waals surface area contributed by atoms with Gasteiger partial charge in [-0.3, -0.25) is 9.69 Å². The number of amides is 1. The monoisotopic (exact) mass is 321 g/mol. The van der Waals surface area contributed by atoms with Gasteiger partial charge in [0.25, 0.3) is 0 Å². The number of carbonyl (C=O) groups is 2. The van der Waals surface area contributed by atoms with Crippen LogP contribution in [0.1, 0.15) is 15.9 Å². The fraction of sp³-hybridized carbons (Fsp3) is 0.400. The first-order chi connectivity index (χ1) is 11.0. The number of carbonyl (C=O) groups excluding carboxylic acids is 1. The predicted molar refractivity (Wildman–Crippen MR) is 77.5 cm³/mol. The van der Waals surface area contributed by atoms with Crippen molar-refractivity contribution >= 4 is 11.9 Å². The molecular weight excluding hydrogens is 305 g/mol. The molecule has 122 valence electrons. The number of halogens is 1. The molecular formula is C15H16FN3O4. The van der Waals surface area contributed by atoms with Gasteiger partial charge in [-0.2, -0.15) is 5.26 Å². The zero-order valence-corrected chi connectivity index (χ0v) is 12.3. The first kappa shape index (κ1) is 16.9. The standard InChI is InChI=1S/C15H16FN3O4/c16-13-2-1-10(5-11(13)6-17)14(21)8-18-3-4-19(15(22)23)7-12(18)9-20/h1-2,5,12,20H,3-4,7-9H2,(H,22,23)/t12-/m1/s1. The van der Waals surface area contributed by atoms with E-state index in [1.165, 1.54) is 17.0 Å². The molecule has 0 aromatic heterocycles. The lowest BCUT2D eigenvalue weighted by Gasteiger charge is -2.39. The lowest BCUT2D eigenvalue weighted by atomic mass is 10.1. The lowest BCUT2D eigenvalue weighted by Crippen LogP contribution is -2.56. The number of aliphatic hydroxyl groups is 1. The third-order valence-corrected chi connectivity index (χ3v) is 3.84. The number of nitriles is 1. The average Bonchev–Trinajstić information content (AvgIpc) is 2.55. The highest BCUT2D eigenvalue weighted by atomic mass is 19.1. The highest BCUT2D eigenvalue weighted by Gasteiger charge is 2.30. The summed E-state index contributed by atoms with van der Waals surface area (Å²) in [6, 6.07) is 4.77. The molecule has 0 saturated carbocycles. The van der Waals surface area contributed by atoms with Gasteiger partial charge in [-0.05, 0) is 18.2 Å². The fourth-order valence-corrected chi connectivity index (χ4v) is 2.51. The van der Waals surface area contributed by atoms with E-state index in [0.29, 0.717) is 6.54 Å². The second-order valence-electron chi connectivity index (χ2n) is 5.27. The van der Waals surface area contributed by atoms with Gasteiger partial charge in [-0.1, -0.05) is 0 Å². The van der Waals surface area contributed by atoms with Crippen molar-refractivity contribution in [3.8, 4) is 6.07 Å². The van der Waals surface area contributed by atoms with Crippen molar-refractivity contribution in [3.05, 3.63) is 35.1 Å². The summed E-state index contributed by atoms with van der Waals surface area (Å²) in [7, 11) is 0. The van der Waals surface area contributed by atoms with E-state index in [1.807, 2.05) is 0 Å². The minimum Gasteiger partial charge on any atom is -0.465 e. The van der Waals surface area contributed by atoms with Crippen molar-refractivity contribution in [1.29, 1.82) is 5.26 Å². The number of nitrogens with zero attached hydrogens (tertiary/aromatic N) is 3. The van der Waals surface area contributed by atoms with E-state index < -0.39 is 18.0 Å². The Morgan fingerprint density at radius 3 is 2.74 bits per heavy atom. The quantitative estimate of drug-likeness (QED) is 0.784. The number of carboxylic acid groups (broad SMARTS) is 1. The molecule has 2 N–H and O–H groups in total. The third-order valence-electron chi connectivity index (χ3n) is 3.84. The van der Waals surface area contributed by atoms with Crippen molar-refractivity contribution in [2.75, 3.05) is 32.8 Å². The fourth-order valence-electron chi connectivity index (χ4n) is 2.51. The molecule has 1 fully saturated rings. The van der Waals surface area contributed by atoms with Gasteiger partial charge in [0.15, 0.2) is 5.78 Å². The molecule has 1 aliphatic rings. The minimum atomic E-state index is -1.06. The summed E-state index contributed by atoms with van der Waals surface area (Å²) >= 11 is 0. The van der Waals surface area contributed by atoms with E-state index in [2.05, 4.69) is 0 Å². The summed E-state index contributed by atoms with van der Waals surface area (Å²) in [5.41, 5.74) is 0.00515. The molecule has 1 amide bonds. The number of aliphatic hydroxyl groups excluding tert-OH is 1. The molecule has 1 atom stereocenters. The number of hydrogen-bond donors (Lipinski definition) is 2. The van der Waals surface area contributed by atoms with E-state index in [0.717, 1.165) is 6.07 Å². The van der Waals surface area contributed by atoms with Crippen LogP contribution in [-0.2, 0) is 0 Å². The molecule has 1 aliphatic heterocycles. The van der Waals surface area contributed by atoms with Crippen molar-refractivity contribution < 1.29 is 24.2 Å². The Hall–Kier alpha value is -2.50. The number of benzene rings is 1. The van der Waals surface area contributed by atoms with Gasteiger partial charge in [-0.15, -0.1) is 0 Å². The SMILES string of the molecule is N#Cc1cc(C(=O)CN2CCN(C(=O)O)C[C@@H]2CO)ccc1F. The van der Waals surface area contributed by atoms with E-state index >= 15 is 0 Å². The Morgan fingerprint density at radius 1 is 1.39 bits per heavy atom. The highest BCUT2D eigenvalue weighted by molar-refractivity contribution is 5.98. The van der Waals surface area contributed by atoms with Crippen molar-refractivity contribution in [3.63, 3.8) is 0 Å². The normalized spacial score (nSPS) is 18.5. The Labute approximate surface area is 132 Å². The number of ketones is 1. The van der Waals surface area contributed by atoms with Gasteiger partial charge in [0.2, 0.25) is 0 Å². The maximum absolute atomic E-state index is 13.3. The Balaban J connectivity index is 2.08. The molecule has 2 rings (SSSR count). The largest absolute Gasteiger partial charge is 0.465 e. The second-order valence-corrected chi connectivity index (χ2v) is 5.27. The molecule has 0 radical (unpaired) electrons. The third kappa shape index (κ3) is 3.83.